The Bertz CT molecular complexity index is 946. The molecule has 0 amide bonds. The highest BCUT2D eigenvalue weighted by Gasteiger charge is 2.28. The monoisotopic (exact) mass is 338 g/mol. The first-order valence-corrected chi connectivity index (χ1v) is 7.89. The predicted molar refractivity (Wildman–Crippen MR) is 94.9 cm³/mol. The number of methoxy groups -OCH3 is 1. The highest BCUT2D eigenvalue weighted by atomic mass is 16.6. The smallest absolute Gasteiger partial charge is 0.228 e. The highest BCUT2D eigenvalue weighted by molar-refractivity contribution is 5.93. The number of hydrogen-bond donors (Lipinski definition) is 0. The van der Waals surface area contributed by atoms with Gasteiger partial charge in [-0.3, -0.25) is 19.5 Å². The first-order valence-electron chi connectivity index (χ1n) is 7.89. The summed E-state index contributed by atoms with van der Waals surface area (Å²) in [6.07, 6.45) is 0. The average Bonchev–Trinajstić information content (AvgIpc) is 2.99. The second-order valence-corrected chi connectivity index (χ2v) is 5.79. The van der Waals surface area contributed by atoms with Gasteiger partial charge in [0.25, 0.3) is 0 Å². The summed E-state index contributed by atoms with van der Waals surface area (Å²) in [5.74, 6) is -0.211. The van der Waals surface area contributed by atoms with E-state index in [-0.39, 0.29) is 17.4 Å². The molecule has 1 aromatic heterocycles. The maximum atomic E-state index is 12.3. The van der Waals surface area contributed by atoms with Gasteiger partial charge in [-0.05, 0) is 18.2 Å². The number of aromatic nitrogens is 1. The molecule has 0 radical (unpaired) electrons. The van der Waals surface area contributed by atoms with Crippen molar-refractivity contribution in [2.24, 2.45) is 0 Å². The highest BCUT2D eigenvalue weighted by Crippen LogP contribution is 2.35. The Labute approximate surface area is 144 Å². The topological polar surface area (TPSA) is 74.4 Å². The summed E-state index contributed by atoms with van der Waals surface area (Å²) in [6.45, 7) is 1.13. The molecule has 0 aliphatic rings. The number of fused-ring (bicyclic) bond motifs is 1. The molecule has 128 valence electrons. The summed E-state index contributed by atoms with van der Waals surface area (Å²) in [5.41, 5.74) is 2.02. The number of rotatable bonds is 5. The van der Waals surface area contributed by atoms with Crippen LogP contribution in [0, 0.1) is 10.1 Å². The van der Waals surface area contributed by atoms with Gasteiger partial charge in [-0.15, -0.1) is 0 Å². The molecule has 3 rings (SSSR count). The molecule has 6 heteroatoms. The fourth-order valence-electron chi connectivity index (χ4n) is 3.24. The third-order valence-corrected chi connectivity index (χ3v) is 4.26. The van der Waals surface area contributed by atoms with Crippen molar-refractivity contribution in [1.82, 2.24) is 4.57 Å². The van der Waals surface area contributed by atoms with E-state index in [1.807, 2.05) is 42.5 Å². The fourth-order valence-corrected chi connectivity index (χ4v) is 3.24. The Morgan fingerprint density at radius 2 is 1.88 bits per heavy atom. The molecule has 0 aliphatic carbocycles. The van der Waals surface area contributed by atoms with Crippen LogP contribution in [-0.4, -0.2) is 29.1 Å². The van der Waals surface area contributed by atoms with Crippen molar-refractivity contribution in [2.75, 3.05) is 13.7 Å². The number of para-hydroxylation sites is 2. The van der Waals surface area contributed by atoms with Gasteiger partial charge < -0.3 is 4.74 Å². The van der Waals surface area contributed by atoms with Gasteiger partial charge in [0, 0.05) is 28.5 Å². The molecule has 0 unspecified atom stereocenters. The molecule has 2 aromatic carbocycles. The molecule has 0 N–H and O–H groups in total. The van der Waals surface area contributed by atoms with Gasteiger partial charge in [0.2, 0.25) is 12.5 Å². The van der Waals surface area contributed by atoms with Crippen molar-refractivity contribution in [3.05, 3.63) is 76.0 Å². The van der Waals surface area contributed by atoms with Crippen LogP contribution in [-0.2, 0) is 0 Å². The Morgan fingerprint density at radius 3 is 2.56 bits per heavy atom. The van der Waals surface area contributed by atoms with Gasteiger partial charge in [-0.2, -0.15) is 0 Å². The van der Waals surface area contributed by atoms with Crippen molar-refractivity contribution >= 4 is 16.8 Å². The quantitative estimate of drug-likeness (QED) is 0.525. The van der Waals surface area contributed by atoms with Crippen LogP contribution >= 0.6 is 0 Å². The largest absolute Gasteiger partial charge is 0.496 e. The summed E-state index contributed by atoms with van der Waals surface area (Å²) in [6, 6.07) is 16.5. The lowest BCUT2D eigenvalue weighted by Crippen LogP contribution is -2.20. The zero-order valence-corrected chi connectivity index (χ0v) is 14.0. The van der Waals surface area contributed by atoms with Crippen LogP contribution in [0.5, 0.6) is 5.75 Å². The second kappa shape index (κ2) is 6.76. The van der Waals surface area contributed by atoms with Crippen molar-refractivity contribution in [2.45, 2.75) is 12.8 Å². The number of carbonyl (C=O) groups is 1. The zero-order chi connectivity index (χ0) is 18.0. The summed E-state index contributed by atoms with van der Waals surface area (Å²) in [5, 5.41) is 12.2. The van der Waals surface area contributed by atoms with Gasteiger partial charge in [-0.1, -0.05) is 36.4 Å². The van der Waals surface area contributed by atoms with E-state index in [2.05, 4.69) is 0 Å². The van der Waals surface area contributed by atoms with E-state index in [1.165, 1.54) is 14.0 Å². The van der Waals surface area contributed by atoms with Gasteiger partial charge in [0.15, 0.2) is 0 Å². The van der Waals surface area contributed by atoms with Crippen molar-refractivity contribution in [3.63, 3.8) is 0 Å². The van der Waals surface area contributed by atoms with Crippen LogP contribution in [0.3, 0.4) is 0 Å². The maximum Gasteiger partial charge on any atom is 0.228 e. The molecule has 0 aliphatic heterocycles. The number of hydrogen-bond acceptors (Lipinski definition) is 4. The van der Waals surface area contributed by atoms with E-state index in [9.17, 15) is 14.9 Å². The molecule has 1 heterocycles. The number of carbonyl (C=O) groups excluding carboxylic acids is 1. The molecular formula is C19H18N2O4. The Hall–Kier alpha value is -3.15. The van der Waals surface area contributed by atoms with Crippen LogP contribution in [0.4, 0.5) is 0 Å². The lowest BCUT2D eigenvalue weighted by molar-refractivity contribution is -0.482. The predicted octanol–water partition coefficient (Wildman–Crippen LogP) is 3.72. The van der Waals surface area contributed by atoms with E-state index < -0.39 is 5.92 Å². The van der Waals surface area contributed by atoms with Crippen molar-refractivity contribution in [1.29, 1.82) is 0 Å². The first kappa shape index (κ1) is 16.7. The van der Waals surface area contributed by atoms with E-state index in [4.69, 9.17) is 4.74 Å². The van der Waals surface area contributed by atoms with E-state index in [0.29, 0.717) is 17.0 Å². The minimum atomic E-state index is -0.595. The zero-order valence-electron chi connectivity index (χ0n) is 14.0. The number of benzene rings is 2. The number of ether oxygens (including phenoxy) is 1. The minimum absolute atomic E-state index is 0.181. The average molecular weight is 338 g/mol. The van der Waals surface area contributed by atoms with Gasteiger partial charge >= 0.3 is 0 Å². The fraction of sp³-hybridized carbons (Fsp3) is 0.211. The molecule has 6 nitrogen and oxygen atoms in total. The number of nitro groups is 1. The minimum Gasteiger partial charge on any atom is -0.496 e. The summed E-state index contributed by atoms with van der Waals surface area (Å²) in [7, 11) is 1.53. The van der Waals surface area contributed by atoms with E-state index in [1.54, 1.807) is 16.7 Å². The molecule has 0 saturated carbocycles. The molecular weight excluding hydrogens is 320 g/mol. The third kappa shape index (κ3) is 3.10. The molecule has 0 bridgehead atoms. The van der Waals surface area contributed by atoms with Crippen LogP contribution in [0.2, 0.25) is 0 Å². The molecule has 1 atom stereocenters. The molecule has 0 spiro atoms. The Kier molecular flexibility index (Phi) is 4.52. The standard InChI is InChI=1S/C19H18N2O4/c1-13(22)21-17-9-5-3-7-14(17)11-18(21)16(12-20(23)24)15-8-4-6-10-19(15)25-2/h3-11,16H,12H2,1-2H3/t16-/m1/s1. The lowest BCUT2D eigenvalue weighted by Gasteiger charge is -2.18. The SMILES string of the molecule is COc1ccccc1[C@@H](C[N+](=O)[O-])c1cc2ccccc2n1C(C)=O. The van der Waals surface area contributed by atoms with Crippen LogP contribution in [0.25, 0.3) is 10.9 Å². The van der Waals surface area contributed by atoms with Gasteiger partial charge in [0.05, 0.1) is 18.5 Å². The van der Waals surface area contributed by atoms with Crippen molar-refractivity contribution < 1.29 is 14.5 Å². The summed E-state index contributed by atoms with van der Waals surface area (Å²) >= 11 is 0. The molecule has 25 heavy (non-hydrogen) atoms. The van der Waals surface area contributed by atoms with Gasteiger partial charge in [0.1, 0.15) is 5.75 Å². The summed E-state index contributed by atoms with van der Waals surface area (Å²) < 4.78 is 6.94. The van der Waals surface area contributed by atoms with Crippen molar-refractivity contribution in [3.8, 4) is 5.75 Å². The Morgan fingerprint density at radius 1 is 1.20 bits per heavy atom. The Balaban J connectivity index is 2.27. The third-order valence-electron chi connectivity index (χ3n) is 4.26. The normalized spacial score (nSPS) is 12.1. The number of nitrogens with zero attached hydrogens (tertiary/aromatic N) is 2. The lowest BCUT2D eigenvalue weighted by atomic mass is 9.94. The second-order valence-electron chi connectivity index (χ2n) is 5.79. The molecule has 0 fully saturated rings. The van der Waals surface area contributed by atoms with Crippen LogP contribution in [0.15, 0.2) is 54.6 Å². The van der Waals surface area contributed by atoms with Crippen LogP contribution < -0.4 is 4.74 Å². The summed E-state index contributed by atoms with van der Waals surface area (Å²) in [4.78, 5) is 23.2. The van der Waals surface area contributed by atoms with E-state index in [0.717, 1.165) is 10.9 Å². The van der Waals surface area contributed by atoms with Gasteiger partial charge in [-0.25, -0.2) is 0 Å². The molecule has 0 saturated heterocycles. The molecule has 3 aromatic rings. The first-order chi connectivity index (χ1) is 12.0. The van der Waals surface area contributed by atoms with E-state index >= 15 is 0 Å². The van der Waals surface area contributed by atoms with Crippen LogP contribution in [0.1, 0.15) is 28.9 Å². The maximum absolute atomic E-state index is 12.3.